The van der Waals surface area contributed by atoms with E-state index in [1.54, 1.807) is 30.3 Å². The number of nitrogens with two attached hydrogens (primary N) is 1. The molecule has 0 amide bonds. The normalized spacial score (nSPS) is 19.6. The highest BCUT2D eigenvalue weighted by atomic mass is 35.5. The van der Waals surface area contributed by atoms with E-state index >= 15 is 0 Å². The van der Waals surface area contributed by atoms with Crippen LogP contribution in [-0.2, 0) is 9.84 Å². The molecular weight excluding hydrogens is 386 g/mol. The molecule has 0 saturated carbocycles. The second-order valence-corrected chi connectivity index (χ2v) is 9.75. The molecule has 9 heteroatoms. The monoisotopic (exact) mass is 405 g/mol. The molecule has 0 bridgehead atoms. The third kappa shape index (κ3) is 3.79. The van der Waals surface area contributed by atoms with Crippen molar-refractivity contribution in [2.45, 2.75) is 15.0 Å². The summed E-state index contributed by atoms with van der Waals surface area (Å²) in [5.74, 6) is 0.226. The van der Waals surface area contributed by atoms with Gasteiger partial charge in [-0.25, -0.2) is 8.42 Å². The number of benzene rings is 2. The lowest BCUT2D eigenvalue weighted by Gasteiger charge is -2.27. The number of ether oxygens (including phenoxy) is 1. The Morgan fingerprint density at radius 1 is 1.16 bits per heavy atom. The van der Waals surface area contributed by atoms with E-state index in [-0.39, 0.29) is 28.0 Å². The average Bonchev–Trinajstić information content (AvgIpc) is 2.85. The molecule has 3 rings (SSSR count). The van der Waals surface area contributed by atoms with Gasteiger partial charge < -0.3 is 10.5 Å². The van der Waals surface area contributed by atoms with Crippen LogP contribution in [0.1, 0.15) is 10.8 Å². The molecule has 0 fully saturated rings. The standard InChI is InChI=1S/C16H19NO5S2.ClH/c17-8-9-22-12-6-7-15-14(10-12)16(11-23(15,18)19)24(20,21)13-4-2-1-3-5-13;/h1-7,10,16,18-19H,8-9,11,17H2;1H. The van der Waals surface area contributed by atoms with Crippen molar-refractivity contribution in [1.29, 1.82) is 0 Å². The van der Waals surface area contributed by atoms with Gasteiger partial charge in [0.1, 0.15) is 17.6 Å². The lowest BCUT2D eigenvalue weighted by Crippen LogP contribution is -2.15. The zero-order valence-corrected chi connectivity index (χ0v) is 15.7. The molecule has 0 aromatic heterocycles. The predicted molar refractivity (Wildman–Crippen MR) is 101 cm³/mol. The Morgan fingerprint density at radius 3 is 2.48 bits per heavy atom. The fraction of sp³-hybridized carbons (Fsp3) is 0.250. The van der Waals surface area contributed by atoms with Gasteiger partial charge in [-0.3, -0.25) is 9.11 Å². The molecule has 4 N–H and O–H groups in total. The summed E-state index contributed by atoms with van der Waals surface area (Å²) in [6.07, 6.45) is 0. The van der Waals surface area contributed by atoms with Gasteiger partial charge in [-0.05, 0) is 35.9 Å². The number of halogens is 1. The zero-order chi connectivity index (χ0) is 17.4. The van der Waals surface area contributed by atoms with Crippen molar-refractivity contribution in [1.82, 2.24) is 0 Å². The van der Waals surface area contributed by atoms with Crippen molar-refractivity contribution in [3.05, 3.63) is 54.1 Å². The Kier molecular flexibility index (Phi) is 6.03. The van der Waals surface area contributed by atoms with Crippen molar-refractivity contribution >= 4 is 32.8 Å². The van der Waals surface area contributed by atoms with Crippen molar-refractivity contribution < 1.29 is 22.3 Å². The van der Waals surface area contributed by atoms with Crippen molar-refractivity contribution in [3.63, 3.8) is 0 Å². The first kappa shape index (κ1) is 20.0. The Balaban J connectivity index is 0.00000225. The molecule has 0 saturated heterocycles. The summed E-state index contributed by atoms with van der Waals surface area (Å²) in [4.78, 5) is 0.429. The van der Waals surface area contributed by atoms with Crippen molar-refractivity contribution in [2.24, 2.45) is 5.73 Å². The molecule has 6 nitrogen and oxygen atoms in total. The highest BCUT2D eigenvalue weighted by Gasteiger charge is 2.43. The van der Waals surface area contributed by atoms with E-state index in [0.29, 0.717) is 24.5 Å². The zero-order valence-electron chi connectivity index (χ0n) is 13.2. The molecule has 1 unspecified atom stereocenters. The number of rotatable bonds is 5. The molecule has 0 spiro atoms. The minimum atomic E-state index is -3.74. The molecule has 0 radical (unpaired) electrons. The van der Waals surface area contributed by atoms with E-state index < -0.39 is 25.7 Å². The first-order valence-electron chi connectivity index (χ1n) is 7.38. The van der Waals surface area contributed by atoms with Crippen LogP contribution in [-0.4, -0.2) is 36.4 Å². The van der Waals surface area contributed by atoms with Crippen LogP contribution in [0.25, 0.3) is 0 Å². The first-order valence-corrected chi connectivity index (χ1v) is 10.6. The predicted octanol–water partition coefficient (Wildman–Crippen LogP) is 3.08. The lowest BCUT2D eigenvalue weighted by atomic mass is 10.1. The highest BCUT2D eigenvalue weighted by Crippen LogP contribution is 2.61. The first-order chi connectivity index (χ1) is 11.4. The molecule has 2 aromatic rings. The number of fused-ring (bicyclic) bond motifs is 1. The largest absolute Gasteiger partial charge is 0.492 e. The third-order valence-corrected chi connectivity index (χ3v) is 8.08. The van der Waals surface area contributed by atoms with Crippen molar-refractivity contribution in [2.75, 3.05) is 18.9 Å². The van der Waals surface area contributed by atoms with E-state index in [2.05, 4.69) is 0 Å². The Bertz CT molecular complexity index is 843. The number of hydrogen-bond donors (Lipinski definition) is 3. The minimum Gasteiger partial charge on any atom is -0.492 e. The van der Waals surface area contributed by atoms with Crippen LogP contribution in [0.3, 0.4) is 0 Å². The minimum absolute atomic E-state index is 0. The summed E-state index contributed by atoms with van der Waals surface area (Å²) in [6, 6.07) is 12.7. The van der Waals surface area contributed by atoms with Crippen LogP contribution in [0, 0.1) is 0 Å². The summed E-state index contributed by atoms with van der Waals surface area (Å²) in [5, 5.41) is -1.01. The maximum atomic E-state index is 12.9. The van der Waals surface area contributed by atoms with E-state index in [9.17, 15) is 17.5 Å². The van der Waals surface area contributed by atoms with Crippen LogP contribution in [0.5, 0.6) is 5.75 Å². The summed E-state index contributed by atoms with van der Waals surface area (Å²) < 4.78 is 51.9. The van der Waals surface area contributed by atoms with Gasteiger partial charge in [0.15, 0.2) is 9.84 Å². The van der Waals surface area contributed by atoms with Gasteiger partial charge in [-0.1, -0.05) is 18.2 Å². The quantitative estimate of drug-likeness (QED) is 0.705. The Morgan fingerprint density at radius 2 is 1.84 bits per heavy atom. The fourth-order valence-corrected chi connectivity index (χ4v) is 7.16. The Labute approximate surface area is 154 Å². The van der Waals surface area contributed by atoms with E-state index in [1.165, 1.54) is 18.2 Å². The molecular formula is C16H20ClNO5S2. The van der Waals surface area contributed by atoms with Crippen LogP contribution >= 0.6 is 23.0 Å². The van der Waals surface area contributed by atoms with Crippen LogP contribution < -0.4 is 10.5 Å². The van der Waals surface area contributed by atoms with E-state index in [4.69, 9.17) is 10.5 Å². The molecule has 0 aliphatic carbocycles. The average molecular weight is 406 g/mol. The van der Waals surface area contributed by atoms with Gasteiger partial charge in [0.2, 0.25) is 0 Å². The molecule has 25 heavy (non-hydrogen) atoms. The van der Waals surface area contributed by atoms with Crippen LogP contribution in [0.15, 0.2) is 58.3 Å². The summed E-state index contributed by atoms with van der Waals surface area (Å²) in [6.45, 7) is 0.628. The van der Waals surface area contributed by atoms with E-state index in [1.807, 2.05) is 0 Å². The maximum absolute atomic E-state index is 12.9. The van der Waals surface area contributed by atoms with Crippen molar-refractivity contribution in [3.8, 4) is 5.75 Å². The van der Waals surface area contributed by atoms with E-state index in [0.717, 1.165) is 0 Å². The maximum Gasteiger partial charge on any atom is 0.187 e. The summed E-state index contributed by atoms with van der Waals surface area (Å²) >= 11 is 0. The molecule has 1 atom stereocenters. The second kappa shape index (κ2) is 7.53. The van der Waals surface area contributed by atoms with Gasteiger partial charge in [0, 0.05) is 6.54 Å². The molecule has 1 aliphatic rings. The lowest BCUT2D eigenvalue weighted by molar-refractivity contribution is 0.327. The molecule has 2 aromatic carbocycles. The van der Waals surface area contributed by atoms with Crippen LogP contribution in [0.2, 0.25) is 0 Å². The fourth-order valence-electron chi connectivity index (χ4n) is 2.76. The smallest absolute Gasteiger partial charge is 0.187 e. The second-order valence-electron chi connectivity index (χ2n) is 5.52. The highest BCUT2D eigenvalue weighted by molar-refractivity contribution is 8.25. The Hall–Kier alpha value is -1.29. The third-order valence-electron chi connectivity index (χ3n) is 3.90. The van der Waals surface area contributed by atoms with Gasteiger partial charge >= 0.3 is 0 Å². The molecule has 138 valence electrons. The topological polar surface area (TPSA) is 110 Å². The van der Waals surface area contributed by atoms with Gasteiger partial charge in [-0.2, -0.15) is 10.6 Å². The van der Waals surface area contributed by atoms with Gasteiger partial charge in [0.25, 0.3) is 0 Å². The molecule has 1 heterocycles. The van der Waals surface area contributed by atoms with Crippen LogP contribution in [0.4, 0.5) is 0 Å². The number of hydrogen-bond acceptors (Lipinski definition) is 6. The molecule has 1 aliphatic heterocycles. The number of sulfone groups is 1. The van der Waals surface area contributed by atoms with Gasteiger partial charge in [-0.15, -0.1) is 12.4 Å². The summed E-state index contributed by atoms with van der Waals surface area (Å²) in [5.41, 5.74) is 5.79. The summed E-state index contributed by atoms with van der Waals surface area (Å²) in [7, 11) is -6.88. The van der Waals surface area contributed by atoms with Gasteiger partial charge in [0.05, 0.1) is 15.5 Å². The SMILES string of the molecule is Cl.NCCOc1ccc2c(c1)C(S(=O)(=O)c1ccccc1)CS2(O)O.